The molecule has 1 aromatic carbocycles. The molecule has 2 aromatic rings. The summed E-state index contributed by atoms with van der Waals surface area (Å²) in [6, 6.07) is 9.37. The fourth-order valence-electron chi connectivity index (χ4n) is 1.62. The molecule has 0 spiro atoms. The quantitative estimate of drug-likeness (QED) is 0.840. The third-order valence-corrected chi connectivity index (χ3v) is 2.58. The summed E-state index contributed by atoms with van der Waals surface area (Å²) in [5.74, 6) is 0.804. The first-order chi connectivity index (χ1) is 10.2. The number of aromatic nitrogens is 3. The van der Waals surface area contributed by atoms with E-state index in [0.717, 1.165) is 18.7 Å². The van der Waals surface area contributed by atoms with Gasteiger partial charge in [0.2, 0.25) is 11.9 Å². The standard InChI is InChI=1S/C14H16N6O/c1-3-7-16-12-18-13(20-14(19-12)21-2)17-11-6-4-5-10(8-11)9-15/h4-6,8H,3,7H2,1-2H3,(H2,16,17,18,19,20). The number of ether oxygens (including phenoxy) is 1. The molecule has 0 amide bonds. The van der Waals surface area contributed by atoms with E-state index in [-0.39, 0.29) is 6.01 Å². The van der Waals surface area contributed by atoms with Crippen LogP contribution in [0.5, 0.6) is 6.01 Å². The van der Waals surface area contributed by atoms with Gasteiger partial charge in [0.05, 0.1) is 18.7 Å². The molecule has 2 rings (SSSR count). The second-order valence-corrected chi connectivity index (χ2v) is 4.21. The van der Waals surface area contributed by atoms with Gasteiger partial charge in [-0.25, -0.2) is 0 Å². The number of anilines is 3. The van der Waals surface area contributed by atoms with Crippen molar-refractivity contribution in [3.8, 4) is 12.1 Å². The van der Waals surface area contributed by atoms with Gasteiger partial charge >= 0.3 is 6.01 Å². The predicted octanol–water partition coefficient (Wildman–Crippen LogP) is 2.32. The Hall–Kier alpha value is -2.88. The first-order valence-corrected chi connectivity index (χ1v) is 6.56. The zero-order valence-electron chi connectivity index (χ0n) is 11.9. The molecule has 0 aliphatic heterocycles. The van der Waals surface area contributed by atoms with Gasteiger partial charge in [0, 0.05) is 12.2 Å². The van der Waals surface area contributed by atoms with Crippen LogP contribution in [-0.2, 0) is 0 Å². The van der Waals surface area contributed by atoms with E-state index in [1.165, 1.54) is 7.11 Å². The number of hydrogen-bond acceptors (Lipinski definition) is 7. The Morgan fingerprint density at radius 2 is 2.05 bits per heavy atom. The van der Waals surface area contributed by atoms with Gasteiger partial charge in [-0.15, -0.1) is 0 Å². The van der Waals surface area contributed by atoms with Crippen LogP contribution in [0, 0.1) is 11.3 Å². The third kappa shape index (κ3) is 4.04. The van der Waals surface area contributed by atoms with Crippen LogP contribution in [0.15, 0.2) is 24.3 Å². The molecule has 0 aliphatic rings. The minimum absolute atomic E-state index is 0.225. The van der Waals surface area contributed by atoms with Gasteiger partial charge in [-0.1, -0.05) is 13.0 Å². The topological polar surface area (TPSA) is 95.8 Å². The average Bonchev–Trinajstić information content (AvgIpc) is 2.52. The van der Waals surface area contributed by atoms with Crippen molar-refractivity contribution in [2.45, 2.75) is 13.3 Å². The Kier molecular flexibility index (Phi) is 4.88. The maximum Gasteiger partial charge on any atom is 0.322 e. The van der Waals surface area contributed by atoms with Crippen LogP contribution in [0.3, 0.4) is 0 Å². The Labute approximate surface area is 123 Å². The molecular weight excluding hydrogens is 268 g/mol. The van der Waals surface area contributed by atoms with E-state index in [4.69, 9.17) is 10.00 Å². The summed E-state index contributed by atoms with van der Waals surface area (Å²) in [6.07, 6.45) is 0.959. The van der Waals surface area contributed by atoms with Crippen molar-refractivity contribution in [3.05, 3.63) is 29.8 Å². The van der Waals surface area contributed by atoms with Crippen molar-refractivity contribution in [2.24, 2.45) is 0 Å². The van der Waals surface area contributed by atoms with E-state index in [1.807, 2.05) is 6.07 Å². The number of nitrogens with one attached hydrogen (secondary N) is 2. The highest BCUT2D eigenvalue weighted by atomic mass is 16.5. The van der Waals surface area contributed by atoms with Crippen LogP contribution in [0.1, 0.15) is 18.9 Å². The zero-order chi connectivity index (χ0) is 15.1. The second kappa shape index (κ2) is 7.05. The average molecular weight is 284 g/mol. The van der Waals surface area contributed by atoms with Crippen molar-refractivity contribution in [3.63, 3.8) is 0 Å². The molecule has 7 nitrogen and oxygen atoms in total. The fraction of sp³-hybridized carbons (Fsp3) is 0.286. The Bertz CT molecular complexity index is 652. The molecule has 108 valence electrons. The summed E-state index contributed by atoms with van der Waals surface area (Å²) in [5, 5.41) is 15.0. The van der Waals surface area contributed by atoms with Crippen LogP contribution in [0.2, 0.25) is 0 Å². The molecule has 0 radical (unpaired) electrons. The number of rotatable bonds is 6. The van der Waals surface area contributed by atoms with Crippen LogP contribution in [0.25, 0.3) is 0 Å². The SMILES string of the molecule is CCCNc1nc(Nc2cccc(C#N)c2)nc(OC)n1. The molecule has 7 heteroatoms. The highest BCUT2D eigenvalue weighted by Gasteiger charge is 2.07. The van der Waals surface area contributed by atoms with E-state index in [2.05, 4.69) is 38.6 Å². The molecule has 0 aliphatic carbocycles. The second-order valence-electron chi connectivity index (χ2n) is 4.21. The van der Waals surface area contributed by atoms with Gasteiger partial charge < -0.3 is 15.4 Å². The number of benzene rings is 1. The maximum atomic E-state index is 8.90. The number of hydrogen-bond donors (Lipinski definition) is 2. The summed E-state index contributed by atoms with van der Waals surface area (Å²) in [4.78, 5) is 12.5. The van der Waals surface area contributed by atoms with E-state index in [0.29, 0.717) is 17.5 Å². The summed E-state index contributed by atoms with van der Waals surface area (Å²) >= 11 is 0. The van der Waals surface area contributed by atoms with Gasteiger partial charge in [0.25, 0.3) is 0 Å². The summed E-state index contributed by atoms with van der Waals surface area (Å²) in [6.45, 7) is 2.81. The van der Waals surface area contributed by atoms with Gasteiger partial charge in [-0.2, -0.15) is 20.2 Å². The molecule has 0 fully saturated rings. The number of methoxy groups -OCH3 is 1. The van der Waals surface area contributed by atoms with Crippen molar-refractivity contribution in [2.75, 3.05) is 24.3 Å². The monoisotopic (exact) mass is 284 g/mol. The molecule has 0 unspecified atom stereocenters. The lowest BCUT2D eigenvalue weighted by molar-refractivity contribution is 0.379. The van der Waals surface area contributed by atoms with Gasteiger partial charge in [-0.05, 0) is 24.6 Å². The zero-order valence-corrected chi connectivity index (χ0v) is 11.9. The van der Waals surface area contributed by atoms with Crippen LogP contribution < -0.4 is 15.4 Å². The minimum atomic E-state index is 0.225. The van der Waals surface area contributed by atoms with Crippen LogP contribution in [-0.4, -0.2) is 28.6 Å². The van der Waals surface area contributed by atoms with Crippen LogP contribution in [0.4, 0.5) is 17.6 Å². The molecule has 0 saturated heterocycles. The van der Waals surface area contributed by atoms with E-state index >= 15 is 0 Å². The van der Waals surface area contributed by atoms with Crippen molar-refractivity contribution >= 4 is 17.6 Å². The molecule has 1 heterocycles. The lowest BCUT2D eigenvalue weighted by Crippen LogP contribution is -2.09. The van der Waals surface area contributed by atoms with Crippen LogP contribution >= 0.6 is 0 Å². The normalized spacial score (nSPS) is 9.76. The highest BCUT2D eigenvalue weighted by Crippen LogP contribution is 2.17. The number of nitrogens with zero attached hydrogens (tertiary/aromatic N) is 4. The summed E-state index contributed by atoms with van der Waals surface area (Å²) < 4.78 is 5.06. The molecule has 2 N–H and O–H groups in total. The van der Waals surface area contributed by atoms with E-state index in [1.54, 1.807) is 18.2 Å². The third-order valence-electron chi connectivity index (χ3n) is 2.58. The van der Waals surface area contributed by atoms with E-state index in [9.17, 15) is 0 Å². The van der Waals surface area contributed by atoms with Gasteiger partial charge in [0.15, 0.2) is 0 Å². The van der Waals surface area contributed by atoms with Gasteiger partial charge in [-0.3, -0.25) is 0 Å². The van der Waals surface area contributed by atoms with E-state index < -0.39 is 0 Å². The summed E-state index contributed by atoms with van der Waals surface area (Å²) in [5.41, 5.74) is 1.29. The Balaban J connectivity index is 2.23. The molecule has 0 bridgehead atoms. The maximum absolute atomic E-state index is 8.90. The summed E-state index contributed by atoms with van der Waals surface area (Å²) in [7, 11) is 1.50. The lowest BCUT2D eigenvalue weighted by atomic mass is 10.2. The first-order valence-electron chi connectivity index (χ1n) is 6.56. The highest BCUT2D eigenvalue weighted by molar-refractivity contribution is 5.57. The number of nitriles is 1. The van der Waals surface area contributed by atoms with Crippen molar-refractivity contribution in [1.82, 2.24) is 15.0 Å². The molecule has 0 atom stereocenters. The fourth-order valence-corrected chi connectivity index (χ4v) is 1.62. The predicted molar refractivity (Wildman–Crippen MR) is 79.6 cm³/mol. The largest absolute Gasteiger partial charge is 0.467 e. The molecule has 0 saturated carbocycles. The smallest absolute Gasteiger partial charge is 0.322 e. The Morgan fingerprint density at radius 3 is 2.76 bits per heavy atom. The Morgan fingerprint density at radius 1 is 1.24 bits per heavy atom. The van der Waals surface area contributed by atoms with Crippen molar-refractivity contribution in [1.29, 1.82) is 5.26 Å². The van der Waals surface area contributed by atoms with Gasteiger partial charge in [0.1, 0.15) is 0 Å². The molecule has 21 heavy (non-hydrogen) atoms. The van der Waals surface area contributed by atoms with Crippen molar-refractivity contribution < 1.29 is 4.74 Å². The molecular formula is C14H16N6O. The first kappa shape index (κ1) is 14.5. The molecule has 1 aromatic heterocycles. The minimum Gasteiger partial charge on any atom is -0.467 e. The lowest BCUT2D eigenvalue weighted by Gasteiger charge is -2.09.